The molecule has 0 N–H and O–H groups in total. The molecule has 0 aliphatic carbocycles. The normalized spacial score (nSPS) is 19.0. The van der Waals surface area contributed by atoms with Crippen LogP contribution in [0.25, 0.3) is 5.65 Å². The van der Waals surface area contributed by atoms with Gasteiger partial charge in [0.25, 0.3) is 0 Å². The predicted molar refractivity (Wildman–Crippen MR) is 71.4 cm³/mol. The molecule has 1 aliphatic heterocycles. The van der Waals surface area contributed by atoms with Gasteiger partial charge in [0.2, 0.25) is 10.0 Å². The maximum atomic E-state index is 11.5. The molecule has 0 saturated carbocycles. The van der Waals surface area contributed by atoms with E-state index in [0.29, 0.717) is 19.0 Å². The Balaban J connectivity index is 1.78. The lowest BCUT2D eigenvalue weighted by atomic mass is 9.95. The highest BCUT2D eigenvalue weighted by Gasteiger charge is 2.27. The molecule has 7 heteroatoms. The molecule has 1 saturated heterocycles. The fraction of sp³-hybridized carbons (Fsp3) is 0.500. The second-order valence-electron chi connectivity index (χ2n) is 4.93. The van der Waals surface area contributed by atoms with Crippen LogP contribution in [0, 0.1) is 0 Å². The van der Waals surface area contributed by atoms with Crippen molar-refractivity contribution in [3.63, 3.8) is 0 Å². The van der Waals surface area contributed by atoms with Crippen molar-refractivity contribution in [1.29, 1.82) is 0 Å². The van der Waals surface area contributed by atoms with Crippen LogP contribution in [0.2, 0.25) is 0 Å². The van der Waals surface area contributed by atoms with Gasteiger partial charge in [-0.1, -0.05) is 0 Å². The van der Waals surface area contributed by atoms with Crippen molar-refractivity contribution in [3.8, 4) is 0 Å². The van der Waals surface area contributed by atoms with E-state index in [1.54, 1.807) is 10.7 Å². The average Bonchev–Trinajstić information content (AvgIpc) is 2.81. The molecule has 0 amide bonds. The van der Waals surface area contributed by atoms with Gasteiger partial charge in [-0.3, -0.25) is 0 Å². The zero-order chi connectivity index (χ0) is 13.5. The lowest BCUT2D eigenvalue weighted by Crippen LogP contribution is -2.37. The number of hydrogen-bond acceptors (Lipinski definition) is 4. The van der Waals surface area contributed by atoms with Crippen molar-refractivity contribution in [2.45, 2.75) is 18.8 Å². The molecule has 2 aromatic rings. The standard InChI is InChI=1S/C12H16N4O2S/c1-19(17,18)15-7-3-10(4-8-15)11-9-12-13-5-2-6-16(12)14-11/h2,5-6,9-10H,3-4,7-8H2,1H3. The number of nitrogens with zero attached hydrogens (tertiary/aromatic N) is 4. The van der Waals surface area contributed by atoms with Crippen molar-refractivity contribution in [1.82, 2.24) is 18.9 Å². The molecule has 102 valence electrons. The van der Waals surface area contributed by atoms with E-state index in [0.717, 1.165) is 24.2 Å². The Kier molecular flexibility index (Phi) is 3.02. The molecule has 3 heterocycles. The summed E-state index contributed by atoms with van der Waals surface area (Å²) in [6.45, 7) is 1.15. The molecule has 3 rings (SSSR count). The molecule has 2 aromatic heterocycles. The second-order valence-corrected chi connectivity index (χ2v) is 6.91. The van der Waals surface area contributed by atoms with Crippen molar-refractivity contribution in [2.75, 3.05) is 19.3 Å². The summed E-state index contributed by atoms with van der Waals surface area (Å²) < 4.78 is 26.2. The van der Waals surface area contributed by atoms with Gasteiger partial charge in [0, 0.05) is 37.5 Å². The van der Waals surface area contributed by atoms with E-state index in [1.165, 1.54) is 10.6 Å². The molecule has 0 aromatic carbocycles. The highest BCUT2D eigenvalue weighted by atomic mass is 32.2. The van der Waals surface area contributed by atoms with E-state index >= 15 is 0 Å². The summed E-state index contributed by atoms with van der Waals surface area (Å²) in [6, 6.07) is 3.83. The Morgan fingerprint density at radius 1 is 1.32 bits per heavy atom. The van der Waals surface area contributed by atoms with Crippen LogP contribution >= 0.6 is 0 Å². The van der Waals surface area contributed by atoms with E-state index in [4.69, 9.17) is 0 Å². The maximum absolute atomic E-state index is 11.5. The van der Waals surface area contributed by atoms with Gasteiger partial charge >= 0.3 is 0 Å². The minimum absolute atomic E-state index is 0.319. The monoisotopic (exact) mass is 280 g/mol. The lowest BCUT2D eigenvalue weighted by molar-refractivity contribution is 0.318. The first-order valence-electron chi connectivity index (χ1n) is 6.29. The number of sulfonamides is 1. The van der Waals surface area contributed by atoms with E-state index < -0.39 is 10.0 Å². The highest BCUT2D eigenvalue weighted by molar-refractivity contribution is 7.88. The average molecular weight is 280 g/mol. The van der Waals surface area contributed by atoms with Crippen LogP contribution in [0.1, 0.15) is 24.5 Å². The fourth-order valence-corrected chi connectivity index (χ4v) is 3.41. The molecule has 1 aliphatic rings. The van der Waals surface area contributed by atoms with Crippen LogP contribution in [0.15, 0.2) is 24.5 Å². The molecular weight excluding hydrogens is 264 g/mol. The molecular formula is C12H16N4O2S. The minimum Gasteiger partial charge on any atom is -0.237 e. The third-order valence-electron chi connectivity index (χ3n) is 3.60. The fourth-order valence-electron chi connectivity index (χ4n) is 2.53. The summed E-state index contributed by atoms with van der Waals surface area (Å²) in [5.41, 5.74) is 1.84. The van der Waals surface area contributed by atoms with Gasteiger partial charge in [-0.05, 0) is 18.9 Å². The summed E-state index contributed by atoms with van der Waals surface area (Å²) >= 11 is 0. The van der Waals surface area contributed by atoms with Crippen LogP contribution < -0.4 is 0 Å². The van der Waals surface area contributed by atoms with Crippen LogP contribution in [-0.4, -0.2) is 46.7 Å². The highest BCUT2D eigenvalue weighted by Crippen LogP contribution is 2.28. The van der Waals surface area contributed by atoms with Gasteiger partial charge in [-0.15, -0.1) is 0 Å². The quantitative estimate of drug-likeness (QED) is 0.818. The van der Waals surface area contributed by atoms with E-state index in [9.17, 15) is 8.42 Å². The van der Waals surface area contributed by atoms with Crippen molar-refractivity contribution in [3.05, 3.63) is 30.2 Å². The van der Waals surface area contributed by atoms with E-state index in [1.807, 2.05) is 18.3 Å². The van der Waals surface area contributed by atoms with Gasteiger partial charge in [-0.25, -0.2) is 22.2 Å². The van der Waals surface area contributed by atoms with Crippen molar-refractivity contribution >= 4 is 15.7 Å². The number of piperidine rings is 1. The first kappa shape index (κ1) is 12.6. The van der Waals surface area contributed by atoms with Crippen LogP contribution in [-0.2, 0) is 10.0 Å². The van der Waals surface area contributed by atoms with E-state index in [2.05, 4.69) is 10.1 Å². The number of aromatic nitrogens is 3. The molecule has 0 atom stereocenters. The van der Waals surface area contributed by atoms with E-state index in [-0.39, 0.29) is 0 Å². The first-order chi connectivity index (χ1) is 9.04. The van der Waals surface area contributed by atoms with Gasteiger partial charge in [0.1, 0.15) is 0 Å². The third kappa shape index (κ3) is 2.48. The van der Waals surface area contributed by atoms with Crippen LogP contribution in [0.5, 0.6) is 0 Å². The summed E-state index contributed by atoms with van der Waals surface area (Å²) in [6.07, 6.45) is 6.51. The second kappa shape index (κ2) is 4.57. The first-order valence-corrected chi connectivity index (χ1v) is 8.14. The molecule has 19 heavy (non-hydrogen) atoms. The van der Waals surface area contributed by atoms with Gasteiger partial charge in [0.15, 0.2) is 5.65 Å². The molecule has 0 radical (unpaired) electrons. The molecule has 0 unspecified atom stereocenters. The molecule has 1 fully saturated rings. The Hall–Kier alpha value is -1.47. The Morgan fingerprint density at radius 3 is 2.68 bits per heavy atom. The third-order valence-corrected chi connectivity index (χ3v) is 4.90. The SMILES string of the molecule is CS(=O)(=O)N1CCC(c2cc3ncccn3n2)CC1. The van der Waals surface area contributed by atoms with Crippen LogP contribution in [0.4, 0.5) is 0 Å². The summed E-state index contributed by atoms with van der Waals surface area (Å²) in [7, 11) is -3.06. The Bertz CT molecular complexity index is 654. The smallest absolute Gasteiger partial charge is 0.211 e. The van der Waals surface area contributed by atoms with Gasteiger partial charge in [-0.2, -0.15) is 5.10 Å². The molecule has 0 spiro atoms. The number of rotatable bonds is 2. The van der Waals surface area contributed by atoms with Crippen molar-refractivity contribution < 1.29 is 8.42 Å². The molecule has 6 nitrogen and oxygen atoms in total. The number of hydrogen-bond donors (Lipinski definition) is 0. The maximum Gasteiger partial charge on any atom is 0.211 e. The number of fused-ring (bicyclic) bond motifs is 1. The summed E-state index contributed by atoms with van der Waals surface area (Å²) in [4.78, 5) is 4.25. The largest absolute Gasteiger partial charge is 0.237 e. The topological polar surface area (TPSA) is 67.6 Å². The Labute approximate surface area is 112 Å². The van der Waals surface area contributed by atoms with Crippen LogP contribution in [0.3, 0.4) is 0 Å². The molecule has 0 bridgehead atoms. The van der Waals surface area contributed by atoms with Gasteiger partial charge in [0.05, 0.1) is 11.9 Å². The Morgan fingerprint density at radius 2 is 2.05 bits per heavy atom. The van der Waals surface area contributed by atoms with Crippen molar-refractivity contribution in [2.24, 2.45) is 0 Å². The predicted octanol–water partition coefficient (Wildman–Crippen LogP) is 0.868. The zero-order valence-corrected chi connectivity index (χ0v) is 11.5. The van der Waals surface area contributed by atoms with Gasteiger partial charge < -0.3 is 0 Å². The zero-order valence-electron chi connectivity index (χ0n) is 10.7. The minimum atomic E-state index is -3.06. The summed E-state index contributed by atoms with van der Waals surface area (Å²) in [5.74, 6) is 0.319. The lowest BCUT2D eigenvalue weighted by Gasteiger charge is -2.29. The summed E-state index contributed by atoms with van der Waals surface area (Å²) in [5, 5.41) is 4.51.